The van der Waals surface area contributed by atoms with Gasteiger partial charge in [-0.1, -0.05) is 6.07 Å². The predicted molar refractivity (Wildman–Crippen MR) is 91.6 cm³/mol. The summed E-state index contributed by atoms with van der Waals surface area (Å²) in [6.45, 7) is 3.35. The molecule has 0 radical (unpaired) electrons. The Morgan fingerprint density at radius 2 is 1.59 bits per heavy atom. The SMILES string of the molecule is CCOC(=O)Oc1ccc(C(O)[C@H](NC)C(=O)OC)cc1OC(=O)OCC. The zero-order valence-corrected chi connectivity index (χ0v) is 15.5. The molecule has 0 heterocycles. The van der Waals surface area contributed by atoms with Crippen molar-refractivity contribution in [1.82, 2.24) is 5.32 Å². The Balaban J connectivity index is 3.18. The highest BCUT2D eigenvalue weighted by atomic mass is 16.7. The van der Waals surface area contributed by atoms with E-state index in [1.807, 2.05) is 0 Å². The van der Waals surface area contributed by atoms with Crippen LogP contribution in [0.4, 0.5) is 9.59 Å². The first-order valence-corrected chi connectivity index (χ1v) is 8.14. The van der Waals surface area contributed by atoms with Gasteiger partial charge < -0.3 is 34.1 Å². The highest BCUT2D eigenvalue weighted by Crippen LogP contribution is 2.32. The van der Waals surface area contributed by atoms with Crippen molar-refractivity contribution in [2.45, 2.75) is 26.0 Å². The van der Waals surface area contributed by atoms with Crippen molar-refractivity contribution in [3.8, 4) is 11.5 Å². The average molecular weight is 385 g/mol. The fourth-order valence-electron chi connectivity index (χ4n) is 2.07. The Labute approximate surface area is 156 Å². The summed E-state index contributed by atoms with van der Waals surface area (Å²) in [6.07, 6.45) is -3.36. The van der Waals surface area contributed by atoms with Crippen molar-refractivity contribution in [1.29, 1.82) is 0 Å². The van der Waals surface area contributed by atoms with Crippen LogP contribution in [0.25, 0.3) is 0 Å². The Morgan fingerprint density at radius 3 is 2.07 bits per heavy atom. The minimum atomic E-state index is -1.33. The summed E-state index contributed by atoms with van der Waals surface area (Å²) in [5, 5.41) is 13.1. The summed E-state index contributed by atoms with van der Waals surface area (Å²) < 4.78 is 24.0. The van der Waals surface area contributed by atoms with E-state index in [2.05, 4.69) is 14.8 Å². The van der Waals surface area contributed by atoms with Gasteiger partial charge in [-0.3, -0.25) is 4.79 Å². The van der Waals surface area contributed by atoms with Crippen LogP contribution in [0.1, 0.15) is 25.5 Å². The summed E-state index contributed by atoms with van der Waals surface area (Å²) in [7, 11) is 2.66. The number of rotatable bonds is 8. The number of likely N-dealkylation sites (N-methyl/N-ethyl adjacent to an activating group) is 1. The van der Waals surface area contributed by atoms with Gasteiger partial charge in [-0.05, 0) is 38.6 Å². The predicted octanol–water partition coefficient (Wildman–Crippen LogP) is 1.55. The number of hydrogen-bond donors (Lipinski definition) is 2. The molecule has 0 aliphatic carbocycles. The molecule has 0 amide bonds. The molecule has 1 rings (SSSR count). The second-order valence-electron chi connectivity index (χ2n) is 5.01. The molecule has 0 bridgehead atoms. The second kappa shape index (κ2) is 11.0. The van der Waals surface area contributed by atoms with Gasteiger partial charge >= 0.3 is 18.3 Å². The topological polar surface area (TPSA) is 130 Å². The highest BCUT2D eigenvalue weighted by molar-refractivity contribution is 5.77. The first kappa shape index (κ1) is 22.2. The molecule has 10 heteroatoms. The molecular formula is C17H23NO9. The zero-order chi connectivity index (χ0) is 20.4. The third-order valence-electron chi connectivity index (χ3n) is 3.30. The minimum Gasteiger partial charge on any atom is -0.468 e. The molecule has 0 saturated carbocycles. The number of aliphatic hydroxyl groups is 1. The van der Waals surface area contributed by atoms with Crippen molar-refractivity contribution in [3.05, 3.63) is 23.8 Å². The van der Waals surface area contributed by atoms with Gasteiger partial charge in [0, 0.05) is 0 Å². The highest BCUT2D eigenvalue weighted by Gasteiger charge is 2.28. The lowest BCUT2D eigenvalue weighted by atomic mass is 10.0. The maximum atomic E-state index is 11.8. The van der Waals surface area contributed by atoms with E-state index in [0.29, 0.717) is 0 Å². The van der Waals surface area contributed by atoms with Crippen LogP contribution in [0.3, 0.4) is 0 Å². The van der Waals surface area contributed by atoms with Crippen LogP contribution in [-0.4, -0.2) is 56.8 Å². The lowest BCUT2D eigenvalue weighted by molar-refractivity contribution is -0.146. The molecule has 0 fully saturated rings. The molecule has 0 aromatic heterocycles. The molecule has 0 saturated heterocycles. The van der Waals surface area contributed by atoms with Gasteiger partial charge in [0.25, 0.3) is 0 Å². The minimum absolute atomic E-state index is 0.0688. The number of nitrogens with one attached hydrogen (secondary N) is 1. The molecule has 10 nitrogen and oxygen atoms in total. The van der Waals surface area contributed by atoms with Gasteiger partial charge in [-0.25, -0.2) is 9.59 Å². The van der Waals surface area contributed by atoms with Gasteiger partial charge in [0.05, 0.1) is 20.3 Å². The fourth-order valence-corrected chi connectivity index (χ4v) is 2.07. The number of hydrogen-bond acceptors (Lipinski definition) is 10. The smallest absolute Gasteiger partial charge is 0.468 e. The maximum Gasteiger partial charge on any atom is 0.513 e. The second-order valence-corrected chi connectivity index (χ2v) is 5.01. The molecule has 0 aliphatic rings. The third-order valence-corrected chi connectivity index (χ3v) is 3.30. The van der Waals surface area contributed by atoms with Gasteiger partial charge in [-0.2, -0.15) is 0 Å². The van der Waals surface area contributed by atoms with Gasteiger partial charge in [0.1, 0.15) is 12.1 Å². The number of ether oxygens (including phenoxy) is 5. The van der Waals surface area contributed by atoms with Crippen LogP contribution in [0.15, 0.2) is 18.2 Å². The summed E-state index contributed by atoms with van der Waals surface area (Å²) in [6, 6.07) is 2.85. The molecule has 1 aromatic carbocycles. The number of benzene rings is 1. The first-order chi connectivity index (χ1) is 12.9. The molecule has 0 spiro atoms. The van der Waals surface area contributed by atoms with E-state index in [4.69, 9.17) is 14.2 Å². The summed E-state index contributed by atoms with van der Waals surface area (Å²) in [4.78, 5) is 34.9. The van der Waals surface area contributed by atoms with Crippen molar-refractivity contribution >= 4 is 18.3 Å². The van der Waals surface area contributed by atoms with Crippen molar-refractivity contribution in [3.63, 3.8) is 0 Å². The quantitative estimate of drug-likeness (QED) is 0.386. The van der Waals surface area contributed by atoms with Crippen LogP contribution < -0.4 is 14.8 Å². The number of carbonyl (C=O) groups is 3. The number of esters is 1. The van der Waals surface area contributed by atoms with E-state index >= 15 is 0 Å². The zero-order valence-electron chi connectivity index (χ0n) is 15.5. The summed E-state index contributed by atoms with van der Waals surface area (Å²) in [5.74, 6) is -1.01. The lowest BCUT2D eigenvalue weighted by Gasteiger charge is -2.21. The van der Waals surface area contributed by atoms with Crippen molar-refractivity contribution < 1.29 is 43.2 Å². The third kappa shape index (κ3) is 6.42. The standard InChI is InChI=1S/C17H23NO9/c1-5-24-16(21)26-11-8-7-10(9-12(11)27-17(22)25-6-2)14(19)13(18-3)15(20)23-4/h7-9,13-14,18-19H,5-6H2,1-4H3/t13-,14?/m0/s1. The molecule has 1 aromatic rings. The number of aliphatic hydroxyl groups excluding tert-OH is 1. The van der Waals surface area contributed by atoms with Crippen LogP contribution >= 0.6 is 0 Å². The van der Waals surface area contributed by atoms with E-state index in [1.165, 1.54) is 32.4 Å². The Bertz CT molecular complexity index is 662. The number of carbonyl (C=O) groups excluding carboxylic acids is 3. The van der Waals surface area contributed by atoms with Gasteiger partial charge in [0.15, 0.2) is 11.5 Å². The van der Waals surface area contributed by atoms with E-state index in [0.717, 1.165) is 0 Å². The Kier molecular flexibility index (Phi) is 9.03. The summed E-state index contributed by atoms with van der Waals surface area (Å²) >= 11 is 0. The largest absolute Gasteiger partial charge is 0.513 e. The first-order valence-electron chi connectivity index (χ1n) is 8.14. The van der Waals surface area contributed by atoms with Crippen LogP contribution in [-0.2, 0) is 19.0 Å². The summed E-state index contributed by atoms with van der Waals surface area (Å²) in [5.41, 5.74) is 0.204. The average Bonchev–Trinajstić information content (AvgIpc) is 2.63. The molecule has 1 unspecified atom stereocenters. The molecule has 2 N–H and O–H groups in total. The van der Waals surface area contributed by atoms with Crippen LogP contribution in [0, 0.1) is 0 Å². The van der Waals surface area contributed by atoms with Crippen LogP contribution in [0.2, 0.25) is 0 Å². The van der Waals surface area contributed by atoms with Crippen molar-refractivity contribution in [2.75, 3.05) is 27.4 Å². The van der Waals surface area contributed by atoms with Gasteiger partial charge in [-0.15, -0.1) is 0 Å². The van der Waals surface area contributed by atoms with E-state index in [1.54, 1.807) is 13.8 Å². The Hall–Kier alpha value is -2.85. The van der Waals surface area contributed by atoms with E-state index in [9.17, 15) is 19.5 Å². The molecule has 27 heavy (non-hydrogen) atoms. The molecule has 0 aliphatic heterocycles. The molecule has 150 valence electrons. The van der Waals surface area contributed by atoms with E-state index in [-0.39, 0.29) is 30.3 Å². The van der Waals surface area contributed by atoms with Gasteiger partial charge in [0.2, 0.25) is 0 Å². The van der Waals surface area contributed by atoms with Crippen molar-refractivity contribution in [2.24, 2.45) is 0 Å². The Morgan fingerprint density at radius 1 is 1.04 bits per heavy atom. The fraction of sp³-hybridized carbons (Fsp3) is 0.471. The van der Waals surface area contributed by atoms with E-state index < -0.39 is 30.4 Å². The normalized spacial score (nSPS) is 12.5. The number of methoxy groups -OCH3 is 1. The lowest BCUT2D eigenvalue weighted by Crippen LogP contribution is -2.40. The monoisotopic (exact) mass is 385 g/mol. The molecule has 2 atom stereocenters. The molecular weight excluding hydrogens is 362 g/mol. The maximum absolute atomic E-state index is 11.8. The van der Waals surface area contributed by atoms with Crippen LogP contribution in [0.5, 0.6) is 11.5 Å².